The predicted molar refractivity (Wildman–Crippen MR) is 149 cm³/mol. The van der Waals surface area contributed by atoms with Crippen LogP contribution >= 0.6 is 0 Å². The van der Waals surface area contributed by atoms with Crippen molar-refractivity contribution in [2.45, 2.75) is 12.7 Å². The van der Waals surface area contributed by atoms with Gasteiger partial charge in [0.15, 0.2) is 0 Å². The van der Waals surface area contributed by atoms with E-state index in [1.807, 2.05) is 60.7 Å². The number of carbonyl (C=O) groups excluding carboxylic acids is 1. The van der Waals surface area contributed by atoms with E-state index in [2.05, 4.69) is 37.1 Å². The minimum Gasteiger partial charge on any atom is -0.489 e. The maximum Gasteiger partial charge on any atom is 0.205 e. The molecule has 2 aliphatic rings. The van der Waals surface area contributed by atoms with Gasteiger partial charge in [-0.25, -0.2) is 9.97 Å². The molecule has 1 fully saturated rings. The first-order valence-corrected chi connectivity index (χ1v) is 13.1. The number of pyridine rings is 1. The molecule has 1 N–H and O–H groups in total. The number of ether oxygens (including phenoxy) is 2. The van der Waals surface area contributed by atoms with Crippen molar-refractivity contribution in [3.63, 3.8) is 0 Å². The summed E-state index contributed by atoms with van der Waals surface area (Å²) in [6, 6.07) is 19.6. The van der Waals surface area contributed by atoms with Crippen molar-refractivity contribution < 1.29 is 14.3 Å². The molecule has 1 saturated heterocycles. The number of nitrogens with one attached hydrogen (secondary N) is 1. The van der Waals surface area contributed by atoms with Gasteiger partial charge >= 0.3 is 0 Å². The summed E-state index contributed by atoms with van der Waals surface area (Å²) in [5.74, 6) is 2.00. The Bertz CT molecular complexity index is 1480. The van der Waals surface area contributed by atoms with E-state index in [9.17, 15) is 4.79 Å². The Balaban J connectivity index is 1.14. The number of nitrogens with zero attached hydrogens (tertiary/aromatic N) is 5. The lowest BCUT2D eigenvalue weighted by molar-refractivity contribution is -0.121. The van der Waals surface area contributed by atoms with E-state index in [4.69, 9.17) is 9.47 Å². The average Bonchev–Trinajstić information content (AvgIpc) is 3.34. The zero-order chi connectivity index (χ0) is 26.6. The van der Waals surface area contributed by atoms with Crippen LogP contribution in [0.25, 0.3) is 10.9 Å². The molecule has 1 unspecified atom stereocenters. The third-order valence-electron chi connectivity index (χ3n) is 6.98. The molecule has 0 bridgehead atoms. The lowest BCUT2D eigenvalue weighted by Gasteiger charge is -2.32. The van der Waals surface area contributed by atoms with Crippen LogP contribution in [0, 0.1) is 0 Å². The monoisotopic (exact) mass is 522 g/mol. The molecule has 2 aliphatic heterocycles. The van der Waals surface area contributed by atoms with E-state index in [-0.39, 0.29) is 5.78 Å². The van der Waals surface area contributed by atoms with Crippen LogP contribution in [0.4, 0.5) is 11.5 Å². The minimum atomic E-state index is -0.758. The quantitative estimate of drug-likeness (QED) is 0.367. The first-order valence-electron chi connectivity index (χ1n) is 13.1. The third kappa shape index (κ3) is 5.89. The maximum absolute atomic E-state index is 12.8. The van der Waals surface area contributed by atoms with E-state index >= 15 is 0 Å². The Morgan fingerprint density at radius 1 is 1.00 bits per heavy atom. The lowest BCUT2D eigenvalue weighted by Crippen LogP contribution is -2.45. The summed E-state index contributed by atoms with van der Waals surface area (Å²) >= 11 is 0. The van der Waals surface area contributed by atoms with Gasteiger partial charge in [0, 0.05) is 43.3 Å². The summed E-state index contributed by atoms with van der Waals surface area (Å²) in [7, 11) is 2.12. The molecule has 4 aromatic rings. The van der Waals surface area contributed by atoms with Crippen molar-refractivity contribution in [1.82, 2.24) is 24.8 Å². The second-order valence-electron chi connectivity index (χ2n) is 9.86. The number of rotatable bonds is 8. The second-order valence-corrected chi connectivity index (χ2v) is 9.86. The Morgan fingerprint density at radius 2 is 1.79 bits per heavy atom. The normalized spacial score (nSPS) is 18.1. The van der Waals surface area contributed by atoms with Crippen molar-refractivity contribution in [3.05, 3.63) is 96.3 Å². The molecule has 0 aliphatic carbocycles. The molecule has 2 aromatic carbocycles. The predicted octanol–water partition coefficient (Wildman–Crippen LogP) is 4.12. The fraction of sp³-hybridized carbons (Fsp3) is 0.267. The number of benzene rings is 2. The molecule has 39 heavy (non-hydrogen) atoms. The van der Waals surface area contributed by atoms with Crippen LogP contribution < -0.4 is 10.1 Å². The number of hydrogen-bond acceptors (Lipinski definition) is 9. The Labute approximate surface area is 227 Å². The average molecular weight is 523 g/mol. The third-order valence-corrected chi connectivity index (χ3v) is 6.98. The number of hydrogen-bond donors (Lipinski definition) is 1. The van der Waals surface area contributed by atoms with E-state index in [1.165, 1.54) is 6.33 Å². The molecule has 4 heterocycles. The van der Waals surface area contributed by atoms with Crippen LogP contribution in [-0.2, 0) is 16.1 Å². The van der Waals surface area contributed by atoms with Gasteiger partial charge in [-0.1, -0.05) is 30.3 Å². The number of anilines is 2. The molecule has 2 aromatic heterocycles. The maximum atomic E-state index is 12.8. The molecule has 0 amide bonds. The number of fused-ring (bicyclic) bond motifs is 1. The standard InChI is InChI=1S/C30H30N6O3/c1-35-11-13-36(14-12-35)18-24-15-28(37)29(39-24)26-16-25-27(17-31-26)32-20-33-30(25)34-22-7-9-23(10-8-22)38-19-21-5-3-2-4-6-21/h2-10,15-17,20,29H,11-14,18-19H2,1H3,(H,32,33,34). The highest BCUT2D eigenvalue weighted by atomic mass is 16.5. The van der Waals surface area contributed by atoms with Crippen molar-refractivity contribution in [2.75, 3.05) is 45.1 Å². The van der Waals surface area contributed by atoms with Crippen molar-refractivity contribution in [1.29, 1.82) is 0 Å². The minimum absolute atomic E-state index is 0.0940. The number of piperazine rings is 1. The Morgan fingerprint density at radius 3 is 2.59 bits per heavy atom. The summed E-state index contributed by atoms with van der Waals surface area (Å²) in [6.45, 7) is 5.07. The fourth-order valence-electron chi connectivity index (χ4n) is 4.72. The van der Waals surface area contributed by atoms with Crippen molar-refractivity contribution >= 4 is 28.2 Å². The Kier molecular flexibility index (Phi) is 7.16. The van der Waals surface area contributed by atoms with Crippen LogP contribution in [0.2, 0.25) is 0 Å². The largest absolute Gasteiger partial charge is 0.489 e. The van der Waals surface area contributed by atoms with Gasteiger partial charge in [0.05, 0.1) is 24.0 Å². The highest BCUT2D eigenvalue weighted by molar-refractivity contribution is 5.97. The topological polar surface area (TPSA) is 92.7 Å². The fourth-order valence-corrected chi connectivity index (χ4v) is 4.72. The zero-order valence-corrected chi connectivity index (χ0v) is 21.8. The molecule has 198 valence electrons. The van der Waals surface area contributed by atoms with Gasteiger partial charge < -0.3 is 19.7 Å². The molecule has 9 heteroatoms. The van der Waals surface area contributed by atoms with Crippen molar-refractivity contribution in [2.24, 2.45) is 0 Å². The highest BCUT2D eigenvalue weighted by Crippen LogP contribution is 2.31. The SMILES string of the molecule is CN1CCN(CC2=CC(=O)C(c3cc4c(Nc5ccc(OCc6ccccc6)cc5)ncnc4cn3)O2)CC1. The van der Waals surface area contributed by atoms with Gasteiger partial charge in [0.1, 0.15) is 30.3 Å². The lowest BCUT2D eigenvalue weighted by atomic mass is 10.1. The molecular weight excluding hydrogens is 492 g/mol. The molecule has 1 atom stereocenters. The highest BCUT2D eigenvalue weighted by Gasteiger charge is 2.31. The van der Waals surface area contributed by atoms with Crippen molar-refractivity contribution in [3.8, 4) is 5.75 Å². The smallest absolute Gasteiger partial charge is 0.205 e. The first-order chi connectivity index (χ1) is 19.1. The molecule has 0 radical (unpaired) electrons. The number of carbonyl (C=O) groups is 1. The van der Waals surface area contributed by atoms with E-state index in [0.29, 0.717) is 35.9 Å². The van der Waals surface area contributed by atoms with E-state index in [1.54, 1.807) is 12.3 Å². The van der Waals surface area contributed by atoms with Crippen LogP contribution in [-0.4, -0.2) is 70.3 Å². The Hall–Kier alpha value is -4.34. The van der Waals surface area contributed by atoms with Crippen LogP contribution in [0.3, 0.4) is 0 Å². The zero-order valence-electron chi connectivity index (χ0n) is 21.8. The van der Waals surface area contributed by atoms with Gasteiger partial charge in [-0.05, 0) is 42.9 Å². The first kappa shape index (κ1) is 25.0. The molecule has 0 saturated carbocycles. The number of ketones is 1. The molecule has 9 nitrogen and oxygen atoms in total. The number of likely N-dealkylation sites (N-methyl/N-ethyl adjacent to an activating group) is 1. The van der Waals surface area contributed by atoms with Gasteiger partial charge in [-0.15, -0.1) is 0 Å². The van der Waals surface area contributed by atoms with E-state index < -0.39 is 6.10 Å². The molecular formula is C30H30N6O3. The summed E-state index contributed by atoms with van der Waals surface area (Å²) in [6.07, 6.45) is 4.01. The van der Waals surface area contributed by atoms with Gasteiger partial charge in [0.2, 0.25) is 11.9 Å². The van der Waals surface area contributed by atoms with Gasteiger partial charge in [-0.3, -0.25) is 14.7 Å². The van der Waals surface area contributed by atoms with Gasteiger partial charge in [0.25, 0.3) is 0 Å². The van der Waals surface area contributed by atoms with Crippen LogP contribution in [0.5, 0.6) is 5.75 Å². The van der Waals surface area contributed by atoms with E-state index in [0.717, 1.165) is 48.6 Å². The molecule has 0 spiro atoms. The second kappa shape index (κ2) is 11.2. The summed E-state index contributed by atoms with van der Waals surface area (Å²) in [4.78, 5) is 30.8. The molecule has 6 rings (SSSR count). The summed E-state index contributed by atoms with van der Waals surface area (Å²) in [5, 5.41) is 4.12. The summed E-state index contributed by atoms with van der Waals surface area (Å²) < 4.78 is 12.0. The van der Waals surface area contributed by atoms with Crippen LogP contribution in [0.15, 0.2) is 85.0 Å². The summed E-state index contributed by atoms with van der Waals surface area (Å²) in [5.41, 5.74) is 3.18. The van der Waals surface area contributed by atoms with Gasteiger partial charge in [-0.2, -0.15) is 0 Å². The van der Waals surface area contributed by atoms with Crippen LogP contribution in [0.1, 0.15) is 17.4 Å². The number of aromatic nitrogens is 3.